The lowest BCUT2D eigenvalue weighted by molar-refractivity contribution is 0.613. The van der Waals surface area contributed by atoms with Gasteiger partial charge >= 0.3 is 0 Å². The molecule has 1 rings (SSSR count). The van der Waals surface area contributed by atoms with Crippen molar-refractivity contribution < 1.29 is 0 Å². The number of alkyl halides is 1. The highest BCUT2D eigenvalue weighted by molar-refractivity contribution is 9.09. The van der Waals surface area contributed by atoms with Gasteiger partial charge in [-0.15, -0.1) is 0 Å². The van der Waals surface area contributed by atoms with Gasteiger partial charge in [0, 0.05) is 4.83 Å². The van der Waals surface area contributed by atoms with Crippen LogP contribution in [0.4, 0.5) is 0 Å². The molecule has 0 N–H and O–H groups in total. The second-order valence-electron chi connectivity index (χ2n) is 3.45. The molecule has 0 aliphatic rings. The van der Waals surface area contributed by atoms with Crippen molar-refractivity contribution in [3.63, 3.8) is 0 Å². The Morgan fingerprint density at radius 2 is 1.75 bits per heavy atom. The summed E-state index contributed by atoms with van der Waals surface area (Å²) in [6.07, 6.45) is 1.12. The van der Waals surface area contributed by atoms with Gasteiger partial charge in [-0.05, 0) is 17.9 Å². The lowest BCUT2D eigenvalue weighted by Crippen LogP contribution is -2.10. The van der Waals surface area contributed by atoms with Gasteiger partial charge in [0.1, 0.15) is 0 Å². The molecule has 0 fully saturated rings. The summed E-state index contributed by atoms with van der Waals surface area (Å²) < 4.78 is 0. The summed E-state index contributed by atoms with van der Waals surface area (Å²) in [4.78, 5) is 0.597. The highest BCUT2D eigenvalue weighted by atomic mass is 79.9. The maximum atomic E-state index is 3.68. The standard InChI is InChI=1S/C11H15Br/c1-9(2)11(12)8-10-6-4-3-5-7-10/h3-7,9,11H,8H2,1-2H3/t11-/m0/s1. The highest BCUT2D eigenvalue weighted by Gasteiger charge is 2.08. The molecule has 0 radical (unpaired) electrons. The second-order valence-corrected chi connectivity index (χ2v) is 4.63. The van der Waals surface area contributed by atoms with E-state index in [0.29, 0.717) is 10.7 Å². The predicted octanol–water partition coefficient (Wildman–Crippen LogP) is 3.65. The van der Waals surface area contributed by atoms with Crippen molar-refractivity contribution in [1.82, 2.24) is 0 Å². The number of hydrogen-bond acceptors (Lipinski definition) is 0. The molecule has 66 valence electrons. The second kappa shape index (κ2) is 4.66. The zero-order valence-corrected chi connectivity index (χ0v) is 9.21. The van der Waals surface area contributed by atoms with Gasteiger partial charge in [-0.2, -0.15) is 0 Å². The Kier molecular flexibility index (Phi) is 3.80. The molecule has 0 nitrogen and oxygen atoms in total. The molecule has 0 unspecified atom stereocenters. The molecule has 1 aromatic carbocycles. The van der Waals surface area contributed by atoms with Crippen molar-refractivity contribution in [2.45, 2.75) is 25.1 Å². The van der Waals surface area contributed by atoms with E-state index in [2.05, 4.69) is 60.1 Å². The fraction of sp³-hybridized carbons (Fsp3) is 0.455. The zero-order chi connectivity index (χ0) is 8.97. The SMILES string of the molecule is CC(C)[C@@H](Br)Cc1ccccc1. The normalized spacial score (nSPS) is 13.3. The predicted molar refractivity (Wildman–Crippen MR) is 57.7 cm³/mol. The Morgan fingerprint density at radius 3 is 2.25 bits per heavy atom. The van der Waals surface area contributed by atoms with Crippen LogP contribution in [0.3, 0.4) is 0 Å². The van der Waals surface area contributed by atoms with Gasteiger partial charge < -0.3 is 0 Å². The van der Waals surface area contributed by atoms with E-state index in [1.807, 2.05) is 0 Å². The van der Waals surface area contributed by atoms with E-state index in [9.17, 15) is 0 Å². The van der Waals surface area contributed by atoms with Crippen molar-refractivity contribution in [1.29, 1.82) is 0 Å². The Hall–Kier alpha value is -0.300. The third kappa shape index (κ3) is 2.98. The minimum Gasteiger partial charge on any atom is -0.0884 e. The van der Waals surface area contributed by atoms with Gasteiger partial charge in [0.2, 0.25) is 0 Å². The summed E-state index contributed by atoms with van der Waals surface area (Å²) in [6, 6.07) is 10.6. The highest BCUT2D eigenvalue weighted by Crippen LogP contribution is 2.17. The number of hydrogen-bond donors (Lipinski definition) is 0. The fourth-order valence-corrected chi connectivity index (χ4v) is 1.45. The van der Waals surface area contributed by atoms with Crippen LogP contribution in [-0.4, -0.2) is 4.83 Å². The first-order valence-electron chi connectivity index (χ1n) is 4.38. The Bertz CT molecular complexity index is 216. The molecule has 1 heteroatoms. The van der Waals surface area contributed by atoms with Crippen molar-refractivity contribution >= 4 is 15.9 Å². The van der Waals surface area contributed by atoms with Crippen LogP contribution in [0.2, 0.25) is 0 Å². The largest absolute Gasteiger partial charge is 0.0884 e. The number of rotatable bonds is 3. The summed E-state index contributed by atoms with van der Waals surface area (Å²) in [6.45, 7) is 4.48. The van der Waals surface area contributed by atoms with E-state index in [4.69, 9.17) is 0 Å². The monoisotopic (exact) mass is 226 g/mol. The fourth-order valence-electron chi connectivity index (χ4n) is 1.07. The average molecular weight is 227 g/mol. The average Bonchev–Trinajstić information content (AvgIpc) is 2.06. The first-order valence-corrected chi connectivity index (χ1v) is 5.29. The van der Waals surface area contributed by atoms with Crippen LogP contribution in [0, 0.1) is 5.92 Å². The van der Waals surface area contributed by atoms with Gasteiger partial charge in [-0.1, -0.05) is 60.1 Å². The molecule has 12 heavy (non-hydrogen) atoms. The third-order valence-electron chi connectivity index (χ3n) is 2.00. The van der Waals surface area contributed by atoms with Gasteiger partial charge in [0.15, 0.2) is 0 Å². The van der Waals surface area contributed by atoms with Crippen molar-refractivity contribution in [2.24, 2.45) is 5.92 Å². The van der Waals surface area contributed by atoms with E-state index in [0.717, 1.165) is 6.42 Å². The zero-order valence-electron chi connectivity index (χ0n) is 7.63. The Morgan fingerprint density at radius 1 is 1.17 bits per heavy atom. The van der Waals surface area contributed by atoms with Crippen molar-refractivity contribution in [2.75, 3.05) is 0 Å². The third-order valence-corrected chi connectivity index (χ3v) is 3.38. The van der Waals surface area contributed by atoms with Crippen molar-refractivity contribution in [3.05, 3.63) is 35.9 Å². The van der Waals surface area contributed by atoms with Crippen LogP contribution >= 0.6 is 15.9 Å². The maximum Gasteiger partial charge on any atom is 0.0209 e. The summed E-state index contributed by atoms with van der Waals surface area (Å²) >= 11 is 3.68. The van der Waals surface area contributed by atoms with E-state index >= 15 is 0 Å². The summed E-state index contributed by atoms with van der Waals surface area (Å²) in [5.74, 6) is 0.699. The first kappa shape index (κ1) is 9.79. The minimum absolute atomic E-state index is 0.597. The molecule has 0 spiro atoms. The summed E-state index contributed by atoms with van der Waals surface area (Å²) in [7, 11) is 0. The Balaban J connectivity index is 2.53. The van der Waals surface area contributed by atoms with Crippen LogP contribution in [-0.2, 0) is 6.42 Å². The molecule has 1 aromatic rings. The topological polar surface area (TPSA) is 0 Å². The van der Waals surface area contributed by atoms with Crippen LogP contribution in [0.15, 0.2) is 30.3 Å². The number of halogens is 1. The van der Waals surface area contributed by atoms with Gasteiger partial charge in [-0.25, -0.2) is 0 Å². The molecule has 0 aliphatic heterocycles. The summed E-state index contributed by atoms with van der Waals surface area (Å²) in [5.41, 5.74) is 1.41. The van der Waals surface area contributed by atoms with E-state index in [1.165, 1.54) is 5.56 Å². The lowest BCUT2D eigenvalue weighted by atomic mass is 10.0. The van der Waals surface area contributed by atoms with E-state index < -0.39 is 0 Å². The van der Waals surface area contributed by atoms with Crippen LogP contribution < -0.4 is 0 Å². The Labute approximate surface area is 83.1 Å². The lowest BCUT2D eigenvalue weighted by Gasteiger charge is -2.12. The quantitative estimate of drug-likeness (QED) is 0.691. The molecular weight excluding hydrogens is 212 g/mol. The smallest absolute Gasteiger partial charge is 0.0209 e. The van der Waals surface area contributed by atoms with Crippen molar-refractivity contribution in [3.8, 4) is 0 Å². The van der Waals surface area contributed by atoms with Crippen LogP contribution in [0.25, 0.3) is 0 Å². The minimum atomic E-state index is 0.597. The molecular formula is C11H15Br. The van der Waals surface area contributed by atoms with E-state index in [-0.39, 0.29) is 0 Å². The summed E-state index contributed by atoms with van der Waals surface area (Å²) in [5, 5.41) is 0. The van der Waals surface area contributed by atoms with Gasteiger partial charge in [0.25, 0.3) is 0 Å². The van der Waals surface area contributed by atoms with Gasteiger partial charge in [-0.3, -0.25) is 0 Å². The molecule has 0 aromatic heterocycles. The molecule has 0 aliphatic carbocycles. The van der Waals surface area contributed by atoms with Crippen LogP contribution in [0.1, 0.15) is 19.4 Å². The van der Waals surface area contributed by atoms with E-state index in [1.54, 1.807) is 0 Å². The molecule has 0 saturated carbocycles. The maximum absolute atomic E-state index is 3.68. The molecule has 1 atom stereocenters. The van der Waals surface area contributed by atoms with Crippen LogP contribution in [0.5, 0.6) is 0 Å². The molecule has 0 saturated heterocycles. The molecule has 0 heterocycles. The first-order chi connectivity index (χ1) is 5.70. The molecule has 0 amide bonds. The van der Waals surface area contributed by atoms with Gasteiger partial charge in [0.05, 0.1) is 0 Å². The number of benzene rings is 1. The molecule has 0 bridgehead atoms.